The van der Waals surface area contributed by atoms with E-state index in [1.807, 2.05) is 31.3 Å². The first-order valence-electron chi connectivity index (χ1n) is 8.95. The van der Waals surface area contributed by atoms with Crippen molar-refractivity contribution in [3.8, 4) is 5.88 Å². The van der Waals surface area contributed by atoms with Gasteiger partial charge in [0, 0.05) is 18.5 Å². The molecule has 0 saturated carbocycles. The molecule has 4 rings (SSSR count). The van der Waals surface area contributed by atoms with Crippen LogP contribution in [-0.4, -0.2) is 39.5 Å². The molecule has 2 aromatic heterocycles. The molecule has 0 amide bonds. The maximum Gasteiger partial charge on any atom is 0.243 e. The topological polar surface area (TPSA) is 116 Å². The molecule has 1 atom stereocenters. The van der Waals surface area contributed by atoms with Crippen LogP contribution >= 0.6 is 0 Å². The Kier molecular flexibility index (Phi) is 3.78. The molecule has 0 radical (unpaired) electrons. The Labute approximate surface area is 163 Å². The van der Waals surface area contributed by atoms with Gasteiger partial charge in [-0.2, -0.15) is 5.10 Å². The Bertz CT molecular complexity index is 1240. The summed E-state index contributed by atoms with van der Waals surface area (Å²) in [5, 5.41) is 5.39. The third-order valence-electron chi connectivity index (χ3n) is 5.45. The summed E-state index contributed by atoms with van der Waals surface area (Å²) in [5.41, 5.74) is 7.37. The summed E-state index contributed by atoms with van der Waals surface area (Å²) in [4.78, 5) is 8.85. The van der Waals surface area contributed by atoms with E-state index in [4.69, 9.17) is 10.2 Å². The fourth-order valence-electron chi connectivity index (χ4n) is 3.49. The average molecular weight is 401 g/mol. The van der Waals surface area contributed by atoms with Crippen molar-refractivity contribution in [2.75, 3.05) is 5.75 Å². The van der Waals surface area contributed by atoms with Crippen molar-refractivity contribution in [2.45, 2.75) is 44.9 Å². The summed E-state index contributed by atoms with van der Waals surface area (Å²) in [7, 11) is -3.46. The Morgan fingerprint density at radius 2 is 1.93 bits per heavy atom. The molecule has 3 heterocycles. The maximum absolute atomic E-state index is 12.8. The van der Waals surface area contributed by atoms with Crippen LogP contribution in [0.5, 0.6) is 0 Å². The number of nitrogens with zero attached hydrogens (tertiary/aromatic N) is 4. The van der Waals surface area contributed by atoms with Gasteiger partial charge >= 0.3 is 0 Å². The zero-order valence-electron chi connectivity index (χ0n) is 16.5. The number of oxazole rings is 1. The molecule has 3 aromatic rings. The van der Waals surface area contributed by atoms with Gasteiger partial charge in [0.05, 0.1) is 16.8 Å². The van der Waals surface area contributed by atoms with Crippen molar-refractivity contribution >= 4 is 26.6 Å². The second-order valence-corrected chi connectivity index (χ2v) is 10.5. The largest absolute Gasteiger partial charge is 0.423 e. The zero-order chi connectivity index (χ0) is 20.5. The van der Waals surface area contributed by atoms with Crippen LogP contribution in [-0.2, 0) is 15.4 Å². The minimum atomic E-state index is -3.46. The molecule has 0 spiro atoms. The fraction of sp³-hybridized carbons (Fsp3) is 0.421. The molecule has 9 heteroatoms. The Balaban J connectivity index is 1.82. The number of aryl methyl sites for hydroxylation is 2. The predicted octanol–water partition coefficient (Wildman–Crippen LogP) is 2.41. The Morgan fingerprint density at radius 1 is 1.21 bits per heavy atom. The molecule has 0 unspecified atom stereocenters. The number of aliphatic imine (C=N–C) groups is 1. The second-order valence-electron chi connectivity index (χ2n) is 8.01. The number of hydrogen-bond donors (Lipinski definition) is 1. The Morgan fingerprint density at radius 3 is 2.54 bits per heavy atom. The molecule has 8 nitrogen and oxygen atoms in total. The molecule has 0 aliphatic carbocycles. The van der Waals surface area contributed by atoms with E-state index in [1.165, 1.54) is 0 Å². The van der Waals surface area contributed by atoms with Gasteiger partial charge in [-0.1, -0.05) is 6.07 Å². The number of aromatic nitrogens is 3. The number of benzene rings is 1. The van der Waals surface area contributed by atoms with Gasteiger partial charge in [0.15, 0.2) is 15.7 Å². The minimum Gasteiger partial charge on any atom is -0.423 e. The first-order chi connectivity index (χ1) is 12.9. The van der Waals surface area contributed by atoms with Gasteiger partial charge in [-0.15, -0.1) is 0 Å². The molecule has 1 aromatic carbocycles. The van der Waals surface area contributed by atoms with Gasteiger partial charge in [-0.25, -0.2) is 18.1 Å². The quantitative estimate of drug-likeness (QED) is 0.705. The molecular weight excluding hydrogens is 378 g/mol. The van der Waals surface area contributed by atoms with Crippen LogP contribution in [0.4, 0.5) is 0 Å². The van der Waals surface area contributed by atoms with Crippen molar-refractivity contribution in [3.05, 3.63) is 41.5 Å². The molecule has 0 fully saturated rings. The van der Waals surface area contributed by atoms with Crippen LogP contribution in [0.2, 0.25) is 0 Å². The van der Waals surface area contributed by atoms with Crippen molar-refractivity contribution in [2.24, 2.45) is 10.7 Å². The summed E-state index contributed by atoms with van der Waals surface area (Å²) in [6.07, 6.45) is 1.84. The highest BCUT2D eigenvalue weighted by Gasteiger charge is 2.48. The molecule has 0 saturated heterocycles. The first kappa shape index (κ1) is 18.7. The molecule has 1 aliphatic heterocycles. The van der Waals surface area contributed by atoms with Gasteiger partial charge in [0.1, 0.15) is 16.3 Å². The second kappa shape index (κ2) is 5.66. The SMILES string of the molecule is Cc1nc(C)c(-n2cc3cc([C@]4(C)CS(=O)(=O)C(C)(C)C(N)=N4)ccc3n2)o1. The van der Waals surface area contributed by atoms with E-state index in [-0.39, 0.29) is 11.6 Å². The van der Waals surface area contributed by atoms with Crippen LogP contribution in [0, 0.1) is 13.8 Å². The van der Waals surface area contributed by atoms with Crippen LogP contribution < -0.4 is 5.73 Å². The molecule has 1 aliphatic rings. The lowest BCUT2D eigenvalue weighted by molar-refractivity contribution is 0.488. The normalized spacial score (nSPS) is 23.7. The van der Waals surface area contributed by atoms with Gasteiger partial charge in [-0.3, -0.25) is 4.99 Å². The summed E-state index contributed by atoms with van der Waals surface area (Å²) in [6, 6.07) is 5.61. The lowest BCUT2D eigenvalue weighted by Gasteiger charge is -2.37. The van der Waals surface area contributed by atoms with Gasteiger partial charge in [-0.05, 0) is 45.4 Å². The van der Waals surface area contributed by atoms with Crippen LogP contribution in [0.3, 0.4) is 0 Å². The van der Waals surface area contributed by atoms with Gasteiger partial charge < -0.3 is 10.2 Å². The van der Waals surface area contributed by atoms with Gasteiger partial charge in [0.25, 0.3) is 0 Å². The monoisotopic (exact) mass is 401 g/mol. The fourth-order valence-corrected chi connectivity index (χ4v) is 5.18. The molecule has 148 valence electrons. The number of nitrogens with two attached hydrogens (primary N) is 1. The van der Waals surface area contributed by atoms with Crippen LogP contribution in [0.15, 0.2) is 33.8 Å². The van der Waals surface area contributed by atoms with Crippen molar-refractivity contribution < 1.29 is 12.8 Å². The highest BCUT2D eigenvalue weighted by molar-refractivity contribution is 7.93. The maximum atomic E-state index is 12.8. The molecule has 28 heavy (non-hydrogen) atoms. The predicted molar refractivity (Wildman–Crippen MR) is 107 cm³/mol. The average Bonchev–Trinajstić information content (AvgIpc) is 3.14. The summed E-state index contributed by atoms with van der Waals surface area (Å²) in [5.74, 6) is 1.16. The zero-order valence-corrected chi connectivity index (χ0v) is 17.3. The highest BCUT2D eigenvalue weighted by atomic mass is 32.2. The summed E-state index contributed by atoms with van der Waals surface area (Å²) < 4.78 is 31.7. The van der Waals surface area contributed by atoms with Crippen molar-refractivity contribution in [1.29, 1.82) is 0 Å². The van der Waals surface area contributed by atoms with E-state index in [0.717, 1.165) is 22.2 Å². The third-order valence-corrected chi connectivity index (χ3v) is 8.15. The number of amidine groups is 1. The van der Waals surface area contributed by atoms with E-state index >= 15 is 0 Å². The van der Waals surface area contributed by atoms with E-state index in [0.29, 0.717) is 11.8 Å². The molecule has 2 N–H and O–H groups in total. The number of sulfone groups is 1. The molecule has 0 bridgehead atoms. The van der Waals surface area contributed by atoms with Crippen LogP contribution in [0.1, 0.15) is 37.9 Å². The smallest absolute Gasteiger partial charge is 0.243 e. The standard InChI is InChI=1S/C19H23N5O3S/c1-11-16(27-12(2)21-11)24-9-13-8-14(6-7-15(13)23-24)19(5)10-28(25,26)18(3,4)17(20)22-19/h6-9H,10H2,1-5H3,(H2,20,22)/t19-/m0/s1. The number of fused-ring (bicyclic) bond motifs is 1. The molecular formula is C19H23N5O3S. The Hall–Kier alpha value is -2.68. The lowest BCUT2D eigenvalue weighted by Crippen LogP contribution is -2.54. The van der Waals surface area contributed by atoms with E-state index in [1.54, 1.807) is 32.4 Å². The first-order valence-corrected chi connectivity index (χ1v) is 10.6. The van der Waals surface area contributed by atoms with Gasteiger partial charge in [0.2, 0.25) is 5.88 Å². The minimum absolute atomic E-state index is 0.103. The van der Waals surface area contributed by atoms with E-state index < -0.39 is 20.1 Å². The third kappa shape index (κ3) is 2.64. The lowest BCUT2D eigenvalue weighted by atomic mass is 9.93. The number of rotatable bonds is 2. The highest BCUT2D eigenvalue weighted by Crippen LogP contribution is 2.37. The summed E-state index contributed by atoms with van der Waals surface area (Å²) in [6.45, 7) is 8.62. The van der Waals surface area contributed by atoms with Crippen molar-refractivity contribution in [1.82, 2.24) is 14.8 Å². The van der Waals surface area contributed by atoms with E-state index in [2.05, 4.69) is 15.1 Å². The summed E-state index contributed by atoms with van der Waals surface area (Å²) >= 11 is 0. The number of hydrogen-bond acceptors (Lipinski definition) is 7. The van der Waals surface area contributed by atoms with E-state index in [9.17, 15) is 8.42 Å². The van der Waals surface area contributed by atoms with Crippen molar-refractivity contribution in [3.63, 3.8) is 0 Å². The van der Waals surface area contributed by atoms with Crippen LogP contribution in [0.25, 0.3) is 16.8 Å².